The molecule has 1 fully saturated rings. The van der Waals surface area contributed by atoms with E-state index in [1.165, 1.54) is 27.1 Å². The van der Waals surface area contributed by atoms with Gasteiger partial charge in [-0.3, -0.25) is 4.90 Å². The summed E-state index contributed by atoms with van der Waals surface area (Å²) in [7, 11) is 0. The zero-order valence-corrected chi connectivity index (χ0v) is 13.4. The van der Waals surface area contributed by atoms with Crippen LogP contribution >= 0.6 is 27.7 Å². The highest BCUT2D eigenvalue weighted by atomic mass is 79.9. The van der Waals surface area contributed by atoms with Crippen LogP contribution in [-0.4, -0.2) is 35.5 Å². The molecule has 0 aliphatic carbocycles. The third kappa shape index (κ3) is 3.10. The van der Waals surface area contributed by atoms with Gasteiger partial charge in [0.15, 0.2) is 0 Å². The molecule has 2 atom stereocenters. The number of halogens is 1. The minimum absolute atomic E-state index is 0.354. The SMILES string of the molecule is Cc1cc(C(CN)N2CCSCC2C)ccc1Br. The van der Waals surface area contributed by atoms with Gasteiger partial charge >= 0.3 is 0 Å². The summed E-state index contributed by atoms with van der Waals surface area (Å²) < 4.78 is 1.17. The average molecular weight is 329 g/mol. The molecule has 0 aromatic heterocycles. The molecule has 0 radical (unpaired) electrons. The first-order chi connectivity index (χ1) is 8.63. The Morgan fingerprint density at radius 2 is 2.33 bits per heavy atom. The van der Waals surface area contributed by atoms with E-state index < -0.39 is 0 Å². The standard InChI is InChI=1S/C14H21BrN2S/c1-10-7-12(3-4-13(10)15)14(8-16)17-5-6-18-9-11(17)2/h3-4,7,11,14H,5-6,8-9,16H2,1-2H3. The smallest absolute Gasteiger partial charge is 0.0474 e. The van der Waals surface area contributed by atoms with Crippen LogP contribution in [0, 0.1) is 6.92 Å². The van der Waals surface area contributed by atoms with E-state index in [1.807, 2.05) is 11.8 Å². The quantitative estimate of drug-likeness (QED) is 0.923. The third-order valence-corrected chi connectivity index (χ3v) is 5.69. The van der Waals surface area contributed by atoms with Crippen molar-refractivity contribution in [2.75, 3.05) is 24.6 Å². The topological polar surface area (TPSA) is 29.3 Å². The summed E-state index contributed by atoms with van der Waals surface area (Å²) in [5.74, 6) is 2.43. The lowest BCUT2D eigenvalue weighted by Crippen LogP contribution is -2.45. The van der Waals surface area contributed by atoms with Crippen LogP contribution in [0.2, 0.25) is 0 Å². The molecule has 100 valence electrons. The lowest BCUT2D eigenvalue weighted by molar-refractivity contribution is 0.166. The van der Waals surface area contributed by atoms with Crippen LogP contribution < -0.4 is 5.73 Å². The number of aryl methyl sites for hydroxylation is 1. The molecule has 0 saturated carbocycles. The molecule has 0 bridgehead atoms. The fourth-order valence-corrected chi connectivity index (χ4v) is 3.83. The van der Waals surface area contributed by atoms with Gasteiger partial charge in [0, 0.05) is 41.2 Å². The third-order valence-electron chi connectivity index (χ3n) is 3.61. The maximum absolute atomic E-state index is 6.03. The van der Waals surface area contributed by atoms with Gasteiger partial charge in [0.25, 0.3) is 0 Å². The summed E-state index contributed by atoms with van der Waals surface area (Å²) in [5, 5.41) is 0. The van der Waals surface area contributed by atoms with Crippen molar-refractivity contribution in [2.45, 2.75) is 25.9 Å². The van der Waals surface area contributed by atoms with Crippen molar-refractivity contribution >= 4 is 27.7 Å². The number of hydrogen-bond donors (Lipinski definition) is 1. The summed E-state index contributed by atoms with van der Waals surface area (Å²) >= 11 is 5.61. The largest absolute Gasteiger partial charge is 0.329 e. The molecule has 0 spiro atoms. The summed E-state index contributed by atoms with van der Waals surface area (Å²) in [6.07, 6.45) is 0. The van der Waals surface area contributed by atoms with Crippen molar-refractivity contribution in [3.05, 3.63) is 33.8 Å². The predicted octanol–water partition coefficient (Wildman–Crippen LogP) is 3.19. The second-order valence-corrected chi connectivity index (χ2v) is 6.93. The van der Waals surface area contributed by atoms with Gasteiger partial charge in [-0.15, -0.1) is 0 Å². The van der Waals surface area contributed by atoms with Gasteiger partial charge in [0.05, 0.1) is 0 Å². The Morgan fingerprint density at radius 3 is 2.94 bits per heavy atom. The van der Waals surface area contributed by atoms with Crippen LogP contribution in [0.4, 0.5) is 0 Å². The summed E-state index contributed by atoms with van der Waals surface area (Å²) in [4.78, 5) is 2.55. The molecule has 0 amide bonds. The lowest BCUT2D eigenvalue weighted by atomic mass is 10.0. The van der Waals surface area contributed by atoms with E-state index >= 15 is 0 Å². The first-order valence-corrected chi connectivity index (χ1v) is 8.38. The van der Waals surface area contributed by atoms with Crippen molar-refractivity contribution in [3.8, 4) is 0 Å². The van der Waals surface area contributed by atoms with Crippen molar-refractivity contribution < 1.29 is 0 Å². The van der Waals surface area contributed by atoms with Crippen LogP contribution in [-0.2, 0) is 0 Å². The monoisotopic (exact) mass is 328 g/mol. The summed E-state index contributed by atoms with van der Waals surface area (Å²) in [5.41, 5.74) is 8.65. The summed E-state index contributed by atoms with van der Waals surface area (Å²) in [6, 6.07) is 7.56. The molecule has 4 heteroatoms. The number of benzene rings is 1. The van der Waals surface area contributed by atoms with Crippen LogP contribution in [0.15, 0.2) is 22.7 Å². The van der Waals surface area contributed by atoms with Gasteiger partial charge in [-0.2, -0.15) is 11.8 Å². The van der Waals surface area contributed by atoms with E-state index in [0.717, 1.165) is 6.54 Å². The Balaban J connectivity index is 2.23. The minimum Gasteiger partial charge on any atom is -0.329 e. The first kappa shape index (κ1) is 14.4. The number of hydrogen-bond acceptors (Lipinski definition) is 3. The Kier molecular flexibility index (Phi) is 5.13. The molecular formula is C14H21BrN2S. The van der Waals surface area contributed by atoms with E-state index in [1.54, 1.807) is 0 Å². The van der Waals surface area contributed by atoms with Crippen LogP contribution in [0.1, 0.15) is 24.1 Å². The van der Waals surface area contributed by atoms with Crippen molar-refractivity contribution in [1.82, 2.24) is 4.90 Å². The van der Waals surface area contributed by atoms with Gasteiger partial charge in [0.2, 0.25) is 0 Å². The van der Waals surface area contributed by atoms with Gasteiger partial charge in [-0.05, 0) is 31.0 Å². The molecule has 1 saturated heterocycles. The first-order valence-electron chi connectivity index (χ1n) is 6.43. The summed E-state index contributed by atoms with van der Waals surface area (Å²) in [6.45, 7) is 6.27. The Bertz CT molecular complexity index is 411. The number of nitrogens with zero attached hydrogens (tertiary/aromatic N) is 1. The maximum Gasteiger partial charge on any atom is 0.0474 e. The molecule has 2 unspecified atom stereocenters. The fourth-order valence-electron chi connectivity index (χ4n) is 2.54. The minimum atomic E-state index is 0.354. The number of nitrogens with two attached hydrogens (primary N) is 1. The van der Waals surface area contributed by atoms with Crippen molar-refractivity contribution in [1.29, 1.82) is 0 Å². The molecule has 18 heavy (non-hydrogen) atoms. The van der Waals surface area contributed by atoms with Crippen LogP contribution in [0.3, 0.4) is 0 Å². The zero-order valence-electron chi connectivity index (χ0n) is 11.0. The van der Waals surface area contributed by atoms with E-state index in [0.29, 0.717) is 18.6 Å². The van der Waals surface area contributed by atoms with Gasteiger partial charge < -0.3 is 5.73 Å². The van der Waals surface area contributed by atoms with Crippen LogP contribution in [0.25, 0.3) is 0 Å². The van der Waals surface area contributed by atoms with E-state index in [4.69, 9.17) is 5.73 Å². The van der Waals surface area contributed by atoms with E-state index in [-0.39, 0.29) is 0 Å². The van der Waals surface area contributed by atoms with E-state index in [2.05, 4.69) is 52.9 Å². The average Bonchev–Trinajstić information content (AvgIpc) is 2.37. The fraction of sp³-hybridized carbons (Fsp3) is 0.571. The highest BCUT2D eigenvalue weighted by molar-refractivity contribution is 9.10. The molecular weight excluding hydrogens is 308 g/mol. The maximum atomic E-state index is 6.03. The molecule has 2 nitrogen and oxygen atoms in total. The molecule has 1 aliphatic rings. The zero-order chi connectivity index (χ0) is 13.1. The second kappa shape index (κ2) is 6.42. The molecule has 1 aliphatic heterocycles. The van der Waals surface area contributed by atoms with Gasteiger partial charge in [-0.25, -0.2) is 0 Å². The Hall–Kier alpha value is -0.0300. The number of rotatable bonds is 3. The molecule has 2 N–H and O–H groups in total. The van der Waals surface area contributed by atoms with E-state index in [9.17, 15) is 0 Å². The highest BCUT2D eigenvalue weighted by Gasteiger charge is 2.26. The molecule has 1 aromatic carbocycles. The lowest BCUT2D eigenvalue weighted by Gasteiger charge is -2.39. The number of thioether (sulfide) groups is 1. The van der Waals surface area contributed by atoms with Crippen molar-refractivity contribution in [3.63, 3.8) is 0 Å². The molecule has 1 heterocycles. The predicted molar refractivity (Wildman–Crippen MR) is 84.2 cm³/mol. The molecule has 1 aromatic rings. The van der Waals surface area contributed by atoms with Crippen LogP contribution in [0.5, 0.6) is 0 Å². The Morgan fingerprint density at radius 1 is 1.56 bits per heavy atom. The Labute approximate surface area is 122 Å². The van der Waals surface area contributed by atoms with Gasteiger partial charge in [0.1, 0.15) is 0 Å². The van der Waals surface area contributed by atoms with Crippen molar-refractivity contribution in [2.24, 2.45) is 5.73 Å². The normalized spacial score (nSPS) is 23.0. The van der Waals surface area contributed by atoms with Gasteiger partial charge in [-0.1, -0.05) is 28.1 Å². The highest BCUT2D eigenvalue weighted by Crippen LogP contribution is 2.29. The second-order valence-electron chi connectivity index (χ2n) is 4.92. The molecule has 2 rings (SSSR count).